The van der Waals surface area contributed by atoms with E-state index in [-0.39, 0.29) is 34.5 Å². The molecule has 0 aliphatic carbocycles. The van der Waals surface area contributed by atoms with E-state index in [1.54, 1.807) is 18.2 Å². The maximum absolute atomic E-state index is 11.1. The first-order valence-electron chi connectivity index (χ1n) is 7.45. The van der Waals surface area contributed by atoms with Gasteiger partial charge in [-0.05, 0) is 30.4 Å². The zero-order valence-electron chi connectivity index (χ0n) is 13.5. The van der Waals surface area contributed by atoms with E-state index in [0.717, 1.165) is 18.8 Å². The molecular formula is C16H25NaO3S. The summed E-state index contributed by atoms with van der Waals surface area (Å²) in [6.07, 6.45) is 7.65. The Bertz CT molecular complexity index is 498. The van der Waals surface area contributed by atoms with Crippen molar-refractivity contribution in [3.63, 3.8) is 0 Å². The van der Waals surface area contributed by atoms with Crippen LogP contribution >= 0.6 is 0 Å². The summed E-state index contributed by atoms with van der Waals surface area (Å²) >= 11 is 0. The van der Waals surface area contributed by atoms with Crippen LogP contribution in [0.3, 0.4) is 0 Å². The van der Waals surface area contributed by atoms with Crippen molar-refractivity contribution < 1.29 is 42.5 Å². The van der Waals surface area contributed by atoms with Crippen molar-refractivity contribution in [2.24, 2.45) is 5.92 Å². The van der Waals surface area contributed by atoms with Crippen LogP contribution in [-0.4, -0.2) is 13.0 Å². The Hall–Kier alpha value is 0.130. The Morgan fingerprint density at radius 1 is 1.00 bits per heavy atom. The van der Waals surface area contributed by atoms with Crippen molar-refractivity contribution in [3.8, 4) is 0 Å². The molecule has 0 aromatic heterocycles. The van der Waals surface area contributed by atoms with Gasteiger partial charge in [0.2, 0.25) is 0 Å². The predicted molar refractivity (Wildman–Crippen MR) is 80.6 cm³/mol. The van der Waals surface area contributed by atoms with Gasteiger partial charge in [0.05, 0.1) is 4.90 Å². The zero-order valence-corrected chi connectivity index (χ0v) is 16.3. The number of hydrogen-bond donors (Lipinski definition) is 0. The third-order valence-electron chi connectivity index (χ3n) is 3.47. The van der Waals surface area contributed by atoms with E-state index in [1.807, 2.05) is 0 Å². The molecule has 0 saturated heterocycles. The van der Waals surface area contributed by atoms with Crippen LogP contribution in [-0.2, 0) is 16.5 Å². The van der Waals surface area contributed by atoms with Crippen LogP contribution in [0, 0.1) is 5.92 Å². The zero-order chi connectivity index (χ0) is 15.0. The molecule has 0 spiro atoms. The molecule has 0 bridgehead atoms. The second-order valence-electron chi connectivity index (χ2n) is 5.76. The minimum atomic E-state index is -4.34. The van der Waals surface area contributed by atoms with Crippen molar-refractivity contribution in [2.75, 3.05) is 0 Å². The first kappa shape index (κ1) is 21.1. The molecule has 0 aliphatic heterocycles. The van der Waals surface area contributed by atoms with E-state index >= 15 is 0 Å². The van der Waals surface area contributed by atoms with E-state index in [2.05, 4.69) is 13.8 Å². The van der Waals surface area contributed by atoms with Gasteiger partial charge in [-0.2, -0.15) is 0 Å². The smallest absolute Gasteiger partial charge is 0.744 e. The minimum Gasteiger partial charge on any atom is -0.744 e. The van der Waals surface area contributed by atoms with Gasteiger partial charge in [-0.1, -0.05) is 64.2 Å². The summed E-state index contributed by atoms with van der Waals surface area (Å²) in [5.74, 6) is 0.768. The largest absolute Gasteiger partial charge is 1.00 e. The average Bonchev–Trinajstić information content (AvgIpc) is 2.36. The predicted octanol–water partition coefficient (Wildman–Crippen LogP) is 1.13. The third-order valence-corrected chi connectivity index (χ3v) is 4.41. The number of aryl methyl sites for hydroxylation is 1. The van der Waals surface area contributed by atoms with Crippen molar-refractivity contribution in [1.29, 1.82) is 0 Å². The van der Waals surface area contributed by atoms with E-state index < -0.39 is 10.1 Å². The van der Waals surface area contributed by atoms with Crippen molar-refractivity contribution in [3.05, 3.63) is 29.8 Å². The van der Waals surface area contributed by atoms with Gasteiger partial charge >= 0.3 is 29.6 Å². The van der Waals surface area contributed by atoms with Gasteiger partial charge in [0.15, 0.2) is 0 Å². The molecule has 0 atom stereocenters. The SMILES string of the molecule is CC(C)CCCCCCCc1ccccc1S(=O)(=O)[O-].[Na+]. The van der Waals surface area contributed by atoms with Gasteiger partial charge in [0.25, 0.3) is 0 Å². The summed E-state index contributed by atoms with van der Waals surface area (Å²) in [6, 6.07) is 6.52. The van der Waals surface area contributed by atoms with Crippen molar-refractivity contribution in [1.82, 2.24) is 0 Å². The summed E-state index contributed by atoms with van der Waals surface area (Å²) in [5.41, 5.74) is 0.657. The van der Waals surface area contributed by atoms with E-state index in [4.69, 9.17) is 0 Å². The fourth-order valence-electron chi connectivity index (χ4n) is 2.35. The van der Waals surface area contributed by atoms with Gasteiger partial charge in [0, 0.05) is 0 Å². The van der Waals surface area contributed by atoms with E-state index in [1.165, 1.54) is 31.7 Å². The Morgan fingerprint density at radius 3 is 2.19 bits per heavy atom. The van der Waals surface area contributed by atoms with Crippen molar-refractivity contribution >= 4 is 10.1 Å². The maximum atomic E-state index is 11.1. The van der Waals surface area contributed by atoms with Crippen LogP contribution in [0.2, 0.25) is 0 Å². The molecule has 0 amide bonds. The summed E-state index contributed by atoms with van der Waals surface area (Å²) in [6.45, 7) is 4.47. The Kier molecular flexibility index (Phi) is 10.9. The molecule has 114 valence electrons. The summed E-state index contributed by atoms with van der Waals surface area (Å²) in [5, 5.41) is 0. The summed E-state index contributed by atoms with van der Waals surface area (Å²) in [7, 11) is -4.34. The number of unbranched alkanes of at least 4 members (excludes halogenated alkanes) is 4. The molecule has 0 N–H and O–H groups in total. The van der Waals surface area contributed by atoms with Gasteiger partial charge in [0.1, 0.15) is 10.1 Å². The van der Waals surface area contributed by atoms with Gasteiger partial charge in [-0.25, -0.2) is 8.42 Å². The fraction of sp³-hybridized carbons (Fsp3) is 0.625. The van der Waals surface area contributed by atoms with Gasteiger partial charge in [-0.15, -0.1) is 0 Å². The first-order chi connectivity index (χ1) is 9.41. The van der Waals surface area contributed by atoms with Crippen molar-refractivity contribution in [2.45, 2.75) is 63.7 Å². The maximum Gasteiger partial charge on any atom is 1.00 e. The van der Waals surface area contributed by atoms with E-state index in [9.17, 15) is 13.0 Å². The van der Waals surface area contributed by atoms with Crippen LogP contribution in [0.1, 0.15) is 57.9 Å². The molecule has 3 nitrogen and oxygen atoms in total. The molecule has 21 heavy (non-hydrogen) atoms. The molecular weight excluding hydrogens is 295 g/mol. The molecule has 0 fully saturated rings. The average molecular weight is 320 g/mol. The number of hydrogen-bond acceptors (Lipinski definition) is 3. The standard InChI is InChI=1S/C16H26O3S.Na/c1-14(2)10-6-4-3-5-7-11-15-12-8-9-13-16(15)20(17,18)19;/h8-9,12-14H,3-7,10-11H2,1-2H3,(H,17,18,19);/q;+1/p-1. The quantitative estimate of drug-likeness (QED) is 0.389. The summed E-state index contributed by atoms with van der Waals surface area (Å²) in [4.78, 5) is -0.0557. The topological polar surface area (TPSA) is 57.2 Å². The monoisotopic (exact) mass is 320 g/mol. The van der Waals surface area contributed by atoms with Gasteiger partial charge < -0.3 is 4.55 Å². The minimum absolute atomic E-state index is 0. The normalized spacial score (nSPS) is 11.4. The molecule has 1 aromatic carbocycles. The second-order valence-corrected chi connectivity index (χ2v) is 7.11. The molecule has 1 rings (SSSR count). The molecule has 0 aliphatic rings. The fourth-order valence-corrected chi connectivity index (χ4v) is 3.09. The number of rotatable bonds is 9. The molecule has 0 radical (unpaired) electrons. The second kappa shape index (κ2) is 10.8. The Balaban J connectivity index is 0.00000400. The molecule has 5 heteroatoms. The van der Waals surface area contributed by atoms with E-state index in [0.29, 0.717) is 12.0 Å². The molecule has 0 unspecified atom stereocenters. The Morgan fingerprint density at radius 2 is 1.57 bits per heavy atom. The number of benzene rings is 1. The van der Waals surface area contributed by atoms with Crippen LogP contribution in [0.25, 0.3) is 0 Å². The van der Waals surface area contributed by atoms with Crippen LogP contribution < -0.4 is 29.6 Å². The molecule has 0 heterocycles. The first-order valence-corrected chi connectivity index (χ1v) is 8.86. The third kappa shape index (κ3) is 8.99. The van der Waals surface area contributed by atoms with Crippen LogP contribution in [0.4, 0.5) is 0 Å². The molecule has 1 aromatic rings. The van der Waals surface area contributed by atoms with Crippen LogP contribution in [0.15, 0.2) is 29.2 Å². The van der Waals surface area contributed by atoms with Crippen LogP contribution in [0.5, 0.6) is 0 Å². The Labute approximate surface area is 151 Å². The summed E-state index contributed by atoms with van der Waals surface area (Å²) < 4.78 is 33.4. The van der Waals surface area contributed by atoms with Gasteiger partial charge in [-0.3, -0.25) is 0 Å². The molecule has 0 saturated carbocycles.